The van der Waals surface area contributed by atoms with Crippen LogP contribution in [-0.2, 0) is 6.42 Å². The molecule has 0 atom stereocenters. The largest absolute Gasteiger partial charge is 0.332 e. The average molecular weight is 222 g/mol. The van der Waals surface area contributed by atoms with Crippen LogP contribution in [0.3, 0.4) is 0 Å². The Kier molecular flexibility index (Phi) is 4.22. The van der Waals surface area contributed by atoms with Gasteiger partial charge in [0.2, 0.25) is 5.82 Å². The van der Waals surface area contributed by atoms with Gasteiger partial charge in [-0.2, -0.15) is 0 Å². The minimum absolute atomic E-state index is 0.151. The molecule has 1 amide bonds. The molecule has 0 aliphatic carbocycles. The summed E-state index contributed by atoms with van der Waals surface area (Å²) in [6.07, 6.45) is 0.743. The zero-order chi connectivity index (χ0) is 12.1. The Morgan fingerprint density at radius 3 is 2.62 bits per heavy atom. The molecule has 0 fully saturated rings. The smallest absolute Gasteiger partial charge is 0.293 e. The van der Waals surface area contributed by atoms with E-state index >= 15 is 0 Å². The second-order valence-electron chi connectivity index (χ2n) is 3.74. The predicted octanol–water partition coefficient (Wildman–Crippen LogP) is 1.41. The number of aromatic nitrogens is 3. The first-order chi connectivity index (χ1) is 7.58. The molecule has 1 rings (SSSR count). The van der Waals surface area contributed by atoms with E-state index in [1.807, 2.05) is 20.8 Å². The van der Waals surface area contributed by atoms with Crippen LogP contribution in [0.1, 0.15) is 37.2 Å². The molecule has 0 saturated heterocycles. The highest BCUT2D eigenvalue weighted by molar-refractivity contribution is 5.90. The molecule has 0 spiro atoms. The Bertz CT molecular complexity index is 383. The number of rotatable bonds is 5. The van der Waals surface area contributed by atoms with E-state index in [9.17, 15) is 4.79 Å². The van der Waals surface area contributed by atoms with Crippen LogP contribution >= 0.6 is 0 Å². The Morgan fingerprint density at radius 1 is 1.50 bits per heavy atom. The standard InChI is InChI=1S/C11H18N4O/c1-5-9-12-10(14-13-9)11(16)15(6-2)7-8(3)4/h3,5-7H2,1-2,4H3,(H,12,13,14). The van der Waals surface area contributed by atoms with Crippen molar-refractivity contribution in [2.45, 2.75) is 27.2 Å². The summed E-state index contributed by atoms with van der Waals surface area (Å²) in [5.74, 6) is 0.816. The first kappa shape index (κ1) is 12.4. The van der Waals surface area contributed by atoms with Crippen molar-refractivity contribution in [3.63, 3.8) is 0 Å². The molecule has 1 N–H and O–H groups in total. The van der Waals surface area contributed by atoms with E-state index in [1.54, 1.807) is 4.90 Å². The first-order valence-electron chi connectivity index (χ1n) is 5.43. The summed E-state index contributed by atoms with van der Waals surface area (Å²) in [5, 5.41) is 6.64. The number of likely N-dealkylation sites (N-methyl/N-ethyl adjacent to an activating group) is 1. The quantitative estimate of drug-likeness (QED) is 0.766. The molecule has 0 radical (unpaired) electrons. The van der Waals surface area contributed by atoms with Crippen LogP contribution < -0.4 is 0 Å². The van der Waals surface area contributed by atoms with Gasteiger partial charge in [-0.15, -0.1) is 5.10 Å². The number of H-pyrrole nitrogens is 1. The third-order valence-corrected chi connectivity index (χ3v) is 2.19. The third-order valence-electron chi connectivity index (χ3n) is 2.19. The van der Waals surface area contributed by atoms with Gasteiger partial charge in [0.05, 0.1) is 0 Å². The van der Waals surface area contributed by atoms with E-state index < -0.39 is 0 Å². The van der Waals surface area contributed by atoms with Crippen molar-refractivity contribution in [3.05, 3.63) is 23.8 Å². The second kappa shape index (κ2) is 5.44. The highest BCUT2D eigenvalue weighted by atomic mass is 16.2. The van der Waals surface area contributed by atoms with Crippen LogP contribution in [0, 0.1) is 0 Å². The lowest BCUT2D eigenvalue weighted by atomic mass is 10.3. The molecule has 1 heterocycles. The zero-order valence-electron chi connectivity index (χ0n) is 10.1. The van der Waals surface area contributed by atoms with E-state index in [1.165, 1.54) is 0 Å². The maximum absolute atomic E-state index is 12.0. The fraction of sp³-hybridized carbons (Fsp3) is 0.545. The minimum atomic E-state index is -0.151. The normalized spacial score (nSPS) is 10.2. The summed E-state index contributed by atoms with van der Waals surface area (Å²) < 4.78 is 0. The summed E-state index contributed by atoms with van der Waals surface area (Å²) >= 11 is 0. The summed E-state index contributed by atoms with van der Waals surface area (Å²) in [6, 6.07) is 0. The topological polar surface area (TPSA) is 61.9 Å². The Balaban J connectivity index is 2.78. The van der Waals surface area contributed by atoms with Gasteiger partial charge in [0.1, 0.15) is 5.82 Å². The van der Waals surface area contributed by atoms with Crippen LogP contribution in [0.4, 0.5) is 0 Å². The van der Waals surface area contributed by atoms with Crippen molar-refractivity contribution in [2.24, 2.45) is 0 Å². The molecule has 88 valence electrons. The number of aromatic amines is 1. The van der Waals surface area contributed by atoms with Crippen molar-refractivity contribution >= 4 is 5.91 Å². The van der Waals surface area contributed by atoms with Gasteiger partial charge in [0.15, 0.2) is 0 Å². The van der Waals surface area contributed by atoms with E-state index in [-0.39, 0.29) is 11.7 Å². The van der Waals surface area contributed by atoms with Gasteiger partial charge in [-0.1, -0.05) is 19.1 Å². The van der Waals surface area contributed by atoms with E-state index in [4.69, 9.17) is 0 Å². The molecular weight excluding hydrogens is 204 g/mol. The lowest BCUT2D eigenvalue weighted by molar-refractivity contribution is 0.0766. The third kappa shape index (κ3) is 2.92. The number of carbonyl (C=O) groups is 1. The fourth-order valence-corrected chi connectivity index (χ4v) is 1.34. The molecule has 0 bridgehead atoms. The van der Waals surface area contributed by atoms with Crippen LogP contribution in [-0.4, -0.2) is 39.1 Å². The lowest BCUT2D eigenvalue weighted by Crippen LogP contribution is -2.32. The van der Waals surface area contributed by atoms with E-state index in [0.29, 0.717) is 13.1 Å². The van der Waals surface area contributed by atoms with E-state index in [2.05, 4.69) is 21.8 Å². The molecule has 5 nitrogen and oxygen atoms in total. The van der Waals surface area contributed by atoms with Crippen molar-refractivity contribution < 1.29 is 4.79 Å². The maximum Gasteiger partial charge on any atom is 0.293 e. The Morgan fingerprint density at radius 2 is 2.19 bits per heavy atom. The van der Waals surface area contributed by atoms with Gasteiger partial charge < -0.3 is 4.90 Å². The zero-order valence-corrected chi connectivity index (χ0v) is 10.1. The van der Waals surface area contributed by atoms with E-state index in [0.717, 1.165) is 17.8 Å². The highest BCUT2D eigenvalue weighted by Gasteiger charge is 2.18. The van der Waals surface area contributed by atoms with Gasteiger partial charge in [-0.3, -0.25) is 9.89 Å². The van der Waals surface area contributed by atoms with Gasteiger partial charge >= 0.3 is 0 Å². The summed E-state index contributed by atoms with van der Waals surface area (Å²) in [4.78, 5) is 17.8. The summed E-state index contributed by atoms with van der Waals surface area (Å²) in [7, 11) is 0. The number of hydrogen-bond donors (Lipinski definition) is 1. The number of aryl methyl sites for hydroxylation is 1. The SMILES string of the molecule is C=C(C)CN(CC)C(=O)c1n[nH]c(CC)n1. The Hall–Kier alpha value is -1.65. The average Bonchev–Trinajstić information content (AvgIpc) is 2.73. The van der Waals surface area contributed by atoms with Gasteiger partial charge in [0.25, 0.3) is 5.91 Å². The van der Waals surface area contributed by atoms with Crippen molar-refractivity contribution in [3.8, 4) is 0 Å². The molecule has 1 aromatic rings. The molecule has 0 saturated carbocycles. The monoisotopic (exact) mass is 222 g/mol. The summed E-state index contributed by atoms with van der Waals surface area (Å²) in [5.41, 5.74) is 0.946. The van der Waals surface area contributed by atoms with Gasteiger partial charge in [-0.05, 0) is 13.8 Å². The molecule has 1 aromatic heterocycles. The summed E-state index contributed by atoms with van der Waals surface area (Å²) in [6.45, 7) is 10.7. The predicted molar refractivity (Wildman–Crippen MR) is 62.2 cm³/mol. The highest BCUT2D eigenvalue weighted by Crippen LogP contribution is 2.03. The van der Waals surface area contributed by atoms with Crippen molar-refractivity contribution in [1.29, 1.82) is 0 Å². The Labute approximate surface area is 95.6 Å². The van der Waals surface area contributed by atoms with Crippen LogP contribution in [0.25, 0.3) is 0 Å². The van der Waals surface area contributed by atoms with Crippen molar-refractivity contribution in [2.75, 3.05) is 13.1 Å². The number of nitrogens with zero attached hydrogens (tertiary/aromatic N) is 3. The van der Waals surface area contributed by atoms with Crippen LogP contribution in [0.15, 0.2) is 12.2 Å². The molecule has 0 aromatic carbocycles. The number of nitrogens with one attached hydrogen (secondary N) is 1. The molecule has 0 aliphatic rings. The number of hydrogen-bond acceptors (Lipinski definition) is 3. The molecule has 16 heavy (non-hydrogen) atoms. The molecular formula is C11H18N4O. The van der Waals surface area contributed by atoms with Crippen LogP contribution in [0.2, 0.25) is 0 Å². The molecule has 0 unspecified atom stereocenters. The maximum atomic E-state index is 12.0. The molecule has 5 heteroatoms. The van der Waals surface area contributed by atoms with Crippen LogP contribution in [0.5, 0.6) is 0 Å². The van der Waals surface area contributed by atoms with Crippen molar-refractivity contribution in [1.82, 2.24) is 20.1 Å². The first-order valence-corrected chi connectivity index (χ1v) is 5.43. The lowest BCUT2D eigenvalue weighted by Gasteiger charge is -2.18. The number of amides is 1. The fourth-order valence-electron chi connectivity index (χ4n) is 1.34. The number of carbonyl (C=O) groups excluding carboxylic acids is 1. The molecule has 0 aliphatic heterocycles. The van der Waals surface area contributed by atoms with Gasteiger partial charge in [-0.25, -0.2) is 4.98 Å². The second-order valence-corrected chi connectivity index (χ2v) is 3.74. The minimum Gasteiger partial charge on any atom is -0.332 e. The van der Waals surface area contributed by atoms with Gasteiger partial charge in [0, 0.05) is 19.5 Å².